The summed E-state index contributed by atoms with van der Waals surface area (Å²) in [5.41, 5.74) is 0. The Labute approximate surface area is 445 Å². The summed E-state index contributed by atoms with van der Waals surface area (Å²) in [4.78, 5) is 24.5. The molecule has 0 aliphatic carbocycles. The predicted octanol–water partition coefficient (Wildman–Crippen LogP) is 20.6. The average molecular weight is 998 g/mol. The van der Waals surface area contributed by atoms with E-state index in [2.05, 4.69) is 135 Å². The fourth-order valence-electron chi connectivity index (χ4n) is 8.32. The summed E-state index contributed by atoms with van der Waals surface area (Å²) < 4.78 is 10.7. The van der Waals surface area contributed by atoms with Crippen LogP contribution < -0.4 is 0 Å². The Kier molecular flexibility index (Phi) is 58.4. The number of esters is 2. The normalized spacial score (nSPS) is 13.1. The lowest BCUT2D eigenvalue weighted by Crippen LogP contribution is -2.28. The third-order valence-electron chi connectivity index (χ3n) is 12.8. The van der Waals surface area contributed by atoms with Crippen LogP contribution in [0.5, 0.6) is 0 Å². The highest BCUT2D eigenvalue weighted by Crippen LogP contribution is 2.16. The van der Waals surface area contributed by atoms with Crippen LogP contribution in [0.15, 0.2) is 122 Å². The van der Waals surface area contributed by atoms with E-state index in [1.807, 2.05) is 0 Å². The highest BCUT2D eigenvalue weighted by molar-refractivity contribution is 5.70. The molecule has 0 saturated carbocycles. The van der Waals surface area contributed by atoms with Crippen molar-refractivity contribution in [2.45, 2.75) is 277 Å². The second-order valence-corrected chi connectivity index (χ2v) is 19.7. The van der Waals surface area contributed by atoms with Gasteiger partial charge in [0.25, 0.3) is 0 Å². The molecule has 0 fully saturated rings. The van der Waals surface area contributed by atoms with Crippen molar-refractivity contribution in [3.63, 3.8) is 0 Å². The number of unbranched alkanes of at least 4 members (excludes halogenated alkanes) is 26. The second-order valence-electron chi connectivity index (χ2n) is 19.7. The van der Waals surface area contributed by atoms with E-state index in [1.165, 1.54) is 135 Å². The summed E-state index contributed by atoms with van der Waals surface area (Å²) in [6, 6.07) is 0. The Balaban J connectivity index is 3.47. The maximum atomic E-state index is 12.3. The van der Waals surface area contributed by atoms with Gasteiger partial charge in [-0.3, -0.25) is 9.59 Å². The molecule has 0 radical (unpaired) electrons. The Bertz CT molecular complexity index is 1450. The number of aliphatic hydroxyl groups is 1. The largest absolute Gasteiger partial charge is 0.462 e. The first-order valence-corrected chi connectivity index (χ1v) is 30.1. The van der Waals surface area contributed by atoms with Gasteiger partial charge < -0.3 is 14.6 Å². The van der Waals surface area contributed by atoms with Crippen molar-refractivity contribution in [2.24, 2.45) is 0 Å². The van der Waals surface area contributed by atoms with Crippen LogP contribution in [0.4, 0.5) is 0 Å². The molecule has 1 unspecified atom stereocenters. The zero-order chi connectivity index (χ0) is 52.0. The number of carbonyl (C=O) groups excluding carboxylic acids is 2. The molecule has 1 atom stereocenters. The monoisotopic (exact) mass is 997 g/mol. The van der Waals surface area contributed by atoms with Crippen LogP contribution in [0.3, 0.4) is 0 Å². The first kappa shape index (κ1) is 68.3. The standard InChI is InChI=1S/C67H112O5/c1-3-5-7-9-11-13-15-17-19-21-23-24-25-26-27-28-29-30-31-32-33-34-35-36-37-38-39-40-41-42-44-46-48-50-52-54-56-58-60-62-67(70)72-65(63-68)64-71-66(69)61-59-57-55-53-51-49-47-45-43-22-20-18-16-14-12-10-8-6-4-2/h5-8,11-14,17-20,23-24,26-27,29-30,43,45,65,68H,3-4,9-10,15-16,21-22,25,28,31-42,44,46-64H2,1-2H3/b7-5-,8-6-,13-11-,14-12-,19-17-,20-18-,24-23-,27-26-,30-29-,45-43-. The maximum Gasteiger partial charge on any atom is 0.306 e. The van der Waals surface area contributed by atoms with Crippen molar-refractivity contribution in [1.29, 1.82) is 0 Å². The molecule has 5 heteroatoms. The Hall–Kier alpha value is -3.70. The molecule has 0 aliphatic heterocycles. The minimum absolute atomic E-state index is 0.0765. The average Bonchev–Trinajstić information content (AvgIpc) is 3.38. The molecule has 0 heterocycles. The van der Waals surface area contributed by atoms with Gasteiger partial charge in [-0.15, -0.1) is 0 Å². The first-order chi connectivity index (χ1) is 35.6. The van der Waals surface area contributed by atoms with E-state index in [-0.39, 0.29) is 25.2 Å². The molecule has 72 heavy (non-hydrogen) atoms. The second kappa shape index (κ2) is 61.6. The quantitative estimate of drug-likeness (QED) is 0.0373. The molecule has 0 amide bonds. The fraction of sp³-hybridized carbons (Fsp3) is 0.672. The minimum Gasteiger partial charge on any atom is -0.462 e. The molecule has 0 aromatic heterocycles. The van der Waals surface area contributed by atoms with Gasteiger partial charge in [0.2, 0.25) is 0 Å². The van der Waals surface area contributed by atoms with E-state index in [9.17, 15) is 14.7 Å². The molecule has 1 N–H and O–H groups in total. The van der Waals surface area contributed by atoms with Gasteiger partial charge in [-0.2, -0.15) is 0 Å². The van der Waals surface area contributed by atoms with E-state index in [0.29, 0.717) is 12.8 Å². The number of allylic oxidation sites excluding steroid dienone is 20. The molecule has 0 rings (SSSR count). The van der Waals surface area contributed by atoms with Crippen LogP contribution in [0.1, 0.15) is 271 Å². The highest BCUT2D eigenvalue weighted by Gasteiger charge is 2.16. The third kappa shape index (κ3) is 58.9. The summed E-state index contributed by atoms with van der Waals surface area (Å²) in [6.07, 6.45) is 90.5. The van der Waals surface area contributed by atoms with Gasteiger partial charge >= 0.3 is 11.9 Å². The SMILES string of the molecule is CC/C=C\C/C=C\C/C=C\C/C=C\C/C=C\C/C=C\CCCCCCCCCCCCCCCCCCCCCCC(=O)OC(CO)COC(=O)CCCCCCCC/C=C\C/C=C\C/C=C\C/C=C\CC. The Morgan fingerprint density at radius 2 is 0.556 bits per heavy atom. The number of ether oxygens (including phenoxy) is 2. The van der Waals surface area contributed by atoms with Crippen LogP contribution in [0.2, 0.25) is 0 Å². The highest BCUT2D eigenvalue weighted by atomic mass is 16.6. The number of carbonyl (C=O) groups is 2. The van der Waals surface area contributed by atoms with Crippen LogP contribution >= 0.6 is 0 Å². The lowest BCUT2D eigenvalue weighted by Gasteiger charge is -2.15. The Morgan fingerprint density at radius 1 is 0.319 bits per heavy atom. The molecule has 0 spiro atoms. The van der Waals surface area contributed by atoms with E-state index in [1.54, 1.807) is 0 Å². The van der Waals surface area contributed by atoms with Crippen LogP contribution in [-0.4, -0.2) is 36.4 Å². The molecule has 0 saturated heterocycles. The smallest absolute Gasteiger partial charge is 0.306 e. The molecular weight excluding hydrogens is 885 g/mol. The van der Waals surface area contributed by atoms with Crippen molar-refractivity contribution in [2.75, 3.05) is 13.2 Å². The zero-order valence-electron chi connectivity index (χ0n) is 46.9. The number of rotatable bonds is 54. The lowest BCUT2D eigenvalue weighted by molar-refractivity contribution is -0.161. The topological polar surface area (TPSA) is 72.8 Å². The van der Waals surface area contributed by atoms with Crippen molar-refractivity contribution < 1.29 is 24.2 Å². The fourth-order valence-corrected chi connectivity index (χ4v) is 8.32. The molecule has 5 nitrogen and oxygen atoms in total. The number of hydrogen-bond acceptors (Lipinski definition) is 5. The van der Waals surface area contributed by atoms with Crippen molar-refractivity contribution in [1.82, 2.24) is 0 Å². The van der Waals surface area contributed by atoms with Gasteiger partial charge in [-0.05, 0) is 103 Å². The van der Waals surface area contributed by atoms with E-state index in [4.69, 9.17) is 9.47 Å². The minimum atomic E-state index is -0.784. The molecule has 0 aliphatic rings. The molecular formula is C67H112O5. The number of aliphatic hydroxyl groups excluding tert-OH is 1. The van der Waals surface area contributed by atoms with Crippen LogP contribution in [0, 0.1) is 0 Å². The van der Waals surface area contributed by atoms with Gasteiger partial charge in [0, 0.05) is 12.8 Å². The third-order valence-corrected chi connectivity index (χ3v) is 12.8. The van der Waals surface area contributed by atoms with Gasteiger partial charge in [0.05, 0.1) is 6.61 Å². The molecule has 410 valence electrons. The van der Waals surface area contributed by atoms with Crippen molar-refractivity contribution in [3.8, 4) is 0 Å². The van der Waals surface area contributed by atoms with Crippen LogP contribution in [0.25, 0.3) is 0 Å². The first-order valence-electron chi connectivity index (χ1n) is 30.1. The summed E-state index contributed by atoms with van der Waals surface area (Å²) >= 11 is 0. The lowest BCUT2D eigenvalue weighted by atomic mass is 10.0. The van der Waals surface area contributed by atoms with Gasteiger partial charge in [-0.25, -0.2) is 0 Å². The van der Waals surface area contributed by atoms with Gasteiger partial charge in [0.15, 0.2) is 6.10 Å². The Morgan fingerprint density at radius 3 is 0.833 bits per heavy atom. The maximum absolute atomic E-state index is 12.3. The molecule has 0 aromatic carbocycles. The number of hydrogen-bond donors (Lipinski definition) is 1. The summed E-state index contributed by atoms with van der Waals surface area (Å²) in [5.74, 6) is -0.604. The molecule has 0 bridgehead atoms. The summed E-state index contributed by atoms with van der Waals surface area (Å²) in [6.45, 7) is 3.91. The predicted molar refractivity (Wildman–Crippen MR) is 315 cm³/mol. The van der Waals surface area contributed by atoms with Gasteiger partial charge in [-0.1, -0.05) is 277 Å². The van der Waals surface area contributed by atoms with Crippen molar-refractivity contribution in [3.05, 3.63) is 122 Å². The summed E-state index contributed by atoms with van der Waals surface area (Å²) in [5, 5.41) is 9.66. The summed E-state index contributed by atoms with van der Waals surface area (Å²) in [7, 11) is 0. The van der Waals surface area contributed by atoms with Crippen LogP contribution in [-0.2, 0) is 19.1 Å². The zero-order valence-corrected chi connectivity index (χ0v) is 46.9. The van der Waals surface area contributed by atoms with E-state index < -0.39 is 6.10 Å². The van der Waals surface area contributed by atoms with E-state index >= 15 is 0 Å². The van der Waals surface area contributed by atoms with Gasteiger partial charge in [0.1, 0.15) is 6.61 Å². The molecule has 0 aromatic rings. The van der Waals surface area contributed by atoms with Crippen molar-refractivity contribution >= 4 is 11.9 Å². The van der Waals surface area contributed by atoms with E-state index in [0.717, 1.165) is 109 Å².